The Kier molecular flexibility index (Phi) is 8.88. The largest absolute Gasteiger partial charge is 0.382 e. The maximum absolute atomic E-state index is 5.29. The van der Waals surface area contributed by atoms with E-state index in [9.17, 15) is 0 Å². The van der Waals surface area contributed by atoms with Crippen LogP contribution in [0.5, 0.6) is 0 Å². The molecular formula is C13H23BrN2OS. The van der Waals surface area contributed by atoms with Gasteiger partial charge in [0.2, 0.25) is 0 Å². The second-order valence-corrected chi connectivity index (χ2v) is 6.59. The van der Waals surface area contributed by atoms with Crippen molar-refractivity contribution in [3.63, 3.8) is 0 Å². The number of thiophene rings is 1. The Bertz CT molecular complexity index is 320. The quantitative estimate of drug-likeness (QED) is 0.666. The van der Waals surface area contributed by atoms with Gasteiger partial charge in [0.25, 0.3) is 0 Å². The Morgan fingerprint density at radius 1 is 1.44 bits per heavy atom. The van der Waals surface area contributed by atoms with Gasteiger partial charge in [-0.15, -0.1) is 11.3 Å². The van der Waals surface area contributed by atoms with Crippen LogP contribution in [-0.2, 0) is 11.3 Å². The highest BCUT2D eigenvalue weighted by Crippen LogP contribution is 2.21. The summed E-state index contributed by atoms with van der Waals surface area (Å²) in [5, 5.41) is 5.64. The number of nitrogens with zero attached hydrogens (tertiary/aromatic N) is 1. The van der Waals surface area contributed by atoms with Crippen molar-refractivity contribution >= 4 is 27.3 Å². The Hall–Kier alpha value is 0.0600. The first-order chi connectivity index (χ1) is 8.72. The minimum absolute atomic E-state index is 0.818. The predicted octanol–water partition coefficient (Wildman–Crippen LogP) is 2.96. The van der Waals surface area contributed by atoms with E-state index in [2.05, 4.69) is 44.6 Å². The fourth-order valence-electron chi connectivity index (χ4n) is 1.66. The lowest BCUT2D eigenvalue weighted by atomic mass is 10.3. The molecule has 0 aliphatic carbocycles. The van der Waals surface area contributed by atoms with Crippen LogP contribution in [0.25, 0.3) is 0 Å². The summed E-state index contributed by atoms with van der Waals surface area (Å²) in [6.07, 6.45) is 1.09. The summed E-state index contributed by atoms with van der Waals surface area (Å²) in [5.41, 5.74) is 1.38. The first-order valence-electron chi connectivity index (χ1n) is 6.42. The third kappa shape index (κ3) is 7.48. The number of hydrogen-bond acceptors (Lipinski definition) is 4. The van der Waals surface area contributed by atoms with Crippen molar-refractivity contribution in [3.05, 3.63) is 20.8 Å². The number of halogens is 1. The molecule has 0 bridgehead atoms. The van der Waals surface area contributed by atoms with E-state index in [0.29, 0.717) is 0 Å². The Balaban J connectivity index is 1.98. The molecule has 0 saturated heterocycles. The van der Waals surface area contributed by atoms with Crippen molar-refractivity contribution in [1.82, 2.24) is 10.2 Å². The molecule has 104 valence electrons. The Morgan fingerprint density at radius 3 is 2.94 bits per heavy atom. The van der Waals surface area contributed by atoms with Crippen molar-refractivity contribution in [2.75, 3.05) is 39.9 Å². The highest BCUT2D eigenvalue weighted by molar-refractivity contribution is 9.11. The normalized spacial score (nSPS) is 11.3. The van der Waals surface area contributed by atoms with Gasteiger partial charge >= 0.3 is 0 Å². The predicted molar refractivity (Wildman–Crippen MR) is 82.3 cm³/mol. The third-order valence-corrected chi connectivity index (χ3v) is 4.14. The number of nitrogens with one attached hydrogen (secondary N) is 1. The van der Waals surface area contributed by atoms with Crippen LogP contribution in [0, 0.1) is 0 Å². The van der Waals surface area contributed by atoms with E-state index in [-0.39, 0.29) is 0 Å². The maximum atomic E-state index is 5.29. The average Bonchev–Trinajstić information content (AvgIpc) is 2.73. The molecule has 0 saturated carbocycles. The van der Waals surface area contributed by atoms with Gasteiger partial charge in [-0.25, -0.2) is 0 Å². The summed E-state index contributed by atoms with van der Waals surface area (Å²) in [4.78, 5) is 2.34. The molecular weight excluding hydrogens is 312 g/mol. The fraction of sp³-hybridized carbons (Fsp3) is 0.692. The zero-order valence-electron chi connectivity index (χ0n) is 11.2. The molecule has 0 aromatic carbocycles. The van der Waals surface area contributed by atoms with Crippen LogP contribution in [-0.4, -0.2) is 44.8 Å². The molecule has 0 aliphatic rings. The van der Waals surface area contributed by atoms with E-state index in [0.717, 1.165) is 45.8 Å². The van der Waals surface area contributed by atoms with E-state index in [1.807, 2.05) is 6.92 Å². The number of ether oxygens (including phenoxy) is 1. The minimum atomic E-state index is 0.818. The highest BCUT2D eigenvalue weighted by Gasteiger charge is 2.02. The lowest BCUT2D eigenvalue weighted by molar-refractivity contribution is 0.144. The molecule has 18 heavy (non-hydrogen) atoms. The SMILES string of the molecule is CCOCCCNCCN(C)Cc1csc(Br)c1. The van der Waals surface area contributed by atoms with E-state index in [1.54, 1.807) is 11.3 Å². The molecule has 1 heterocycles. The zero-order chi connectivity index (χ0) is 13.2. The summed E-state index contributed by atoms with van der Waals surface area (Å²) in [6, 6.07) is 2.19. The van der Waals surface area contributed by atoms with Crippen molar-refractivity contribution in [2.45, 2.75) is 19.9 Å². The van der Waals surface area contributed by atoms with Crippen LogP contribution >= 0.6 is 27.3 Å². The van der Waals surface area contributed by atoms with Crippen LogP contribution in [0.2, 0.25) is 0 Å². The topological polar surface area (TPSA) is 24.5 Å². The van der Waals surface area contributed by atoms with Gasteiger partial charge in [-0.1, -0.05) is 0 Å². The lowest BCUT2D eigenvalue weighted by Gasteiger charge is -2.16. The molecule has 0 unspecified atom stereocenters. The van der Waals surface area contributed by atoms with Crippen LogP contribution in [0.4, 0.5) is 0 Å². The highest BCUT2D eigenvalue weighted by atomic mass is 79.9. The fourth-order valence-corrected chi connectivity index (χ4v) is 2.86. The van der Waals surface area contributed by atoms with Crippen molar-refractivity contribution in [3.8, 4) is 0 Å². The van der Waals surface area contributed by atoms with Gasteiger partial charge in [0, 0.05) is 32.8 Å². The number of hydrogen-bond donors (Lipinski definition) is 1. The summed E-state index contributed by atoms with van der Waals surface area (Å²) in [5.74, 6) is 0. The van der Waals surface area contributed by atoms with E-state index in [4.69, 9.17) is 4.74 Å². The molecule has 0 radical (unpaired) electrons. The molecule has 1 N–H and O–H groups in total. The van der Waals surface area contributed by atoms with Crippen LogP contribution in [0.1, 0.15) is 18.9 Å². The molecule has 0 aliphatic heterocycles. The monoisotopic (exact) mass is 334 g/mol. The first-order valence-corrected chi connectivity index (χ1v) is 8.09. The lowest BCUT2D eigenvalue weighted by Crippen LogP contribution is -2.29. The Morgan fingerprint density at radius 2 is 2.28 bits per heavy atom. The average molecular weight is 335 g/mol. The molecule has 0 spiro atoms. The van der Waals surface area contributed by atoms with Crippen molar-refractivity contribution in [2.24, 2.45) is 0 Å². The van der Waals surface area contributed by atoms with E-state index >= 15 is 0 Å². The molecule has 1 rings (SSSR count). The van der Waals surface area contributed by atoms with E-state index < -0.39 is 0 Å². The summed E-state index contributed by atoms with van der Waals surface area (Å²) in [7, 11) is 2.16. The Labute approximate surface area is 123 Å². The molecule has 5 heteroatoms. The van der Waals surface area contributed by atoms with Crippen molar-refractivity contribution in [1.29, 1.82) is 0 Å². The zero-order valence-corrected chi connectivity index (χ0v) is 13.6. The molecule has 3 nitrogen and oxygen atoms in total. The summed E-state index contributed by atoms with van der Waals surface area (Å²) >= 11 is 5.24. The molecule has 1 aromatic rings. The summed E-state index contributed by atoms with van der Waals surface area (Å²) < 4.78 is 6.50. The molecule has 1 aromatic heterocycles. The number of rotatable bonds is 10. The number of likely N-dealkylation sites (N-methyl/N-ethyl adjacent to an activating group) is 1. The maximum Gasteiger partial charge on any atom is 0.0701 e. The van der Waals surface area contributed by atoms with Gasteiger partial charge in [-0.2, -0.15) is 0 Å². The first kappa shape index (κ1) is 16.1. The minimum Gasteiger partial charge on any atom is -0.382 e. The second-order valence-electron chi connectivity index (χ2n) is 4.30. The standard InChI is InChI=1S/C13H23BrN2OS/c1-3-17-8-4-5-15-6-7-16(2)10-12-9-13(14)18-11-12/h9,11,15H,3-8,10H2,1-2H3. The van der Waals surface area contributed by atoms with Gasteiger partial charge < -0.3 is 15.0 Å². The van der Waals surface area contributed by atoms with Gasteiger partial charge in [0.05, 0.1) is 3.79 Å². The van der Waals surface area contributed by atoms with Gasteiger partial charge in [0.1, 0.15) is 0 Å². The molecule has 0 fully saturated rings. The smallest absolute Gasteiger partial charge is 0.0701 e. The van der Waals surface area contributed by atoms with Crippen molar-refractivity contribution < 1.29 is 4.74 Å². The van der Waals surface area contributed by atoms with Crippen LogP contribution < -0.4 is 5.32 Å². The van der Waals surface area contributed by atoms with E-state index in [1.165, 1.54) is 9.35 Å². The van der Waals surface area contributed by atoms with Crippen LogP contribution in [0.15, 0.2) is 15.2 Å². The van der Waals surface area contributed by atoms with Gasteiger partial charge in [-0.05, 0) is 59.9 Å². The summed E-state index contributed by atoms with van der Waals surface area (Å²) in [6.45, 7) is 7.88. The van der Waals surface area contributed by atoms with Gasteiger partial charge in [0.15, 0.2) is 0 Å². The van der Waals surface area contributed by atoms with Crippen LogP contribution in [0.3, 0.4) is 0 Å². The van der Waals surface area contributed by atoms with Gasteiger partial charge in [-0.3, -0.25) is 0 Å². The third-order valence-electron chi connectivity index (χ3n) is 2.59. The molecule has 0 amide bonds. The molecule has 0 atom stereocenters. The second kappa shape index (κ2) is 9.92.